The average molecular weight is 620 g/mol. The molecule has 4 rings (SSSR count). The van der Waals surface area contributed by atoms with Gasteiger partial charge in [0.2, 0.25) is 0 Å². The molecule has 5 nitrogen and oxygen atoms in total. The zero-order valence-electron chi connectivity index (χ0n) is 20.3. The summed E-state index contributed by atoms with van der Waals surface area (Å²) >= 11 is 15.7. The van der Waals surface area contributed by atoms with E-state index in [1.165, 1.54) is 12.2 Å². The largest absolute Gasteiger partial charge is 0.321 e. The maximum atomic E-state index is 13.2. The van der Waals surface area contributed by atoms with Crippen LogP contribution >= 0.6 is 39.1 Å². The van der Waals surface area contributed by atoms with Crippen molar-refractivity contribution in [3.8, 4) is 0 Å². The third-order valence-corrected chi connectivity index (χ3v) is 6.61. The van der Waals surface area contributed by atoms with E-state index in [9.17, 15) is 14.4 Å². The zero-order valence-corrected chi connectivity index (χ0v) is 23.4. The molecule has 0 radical (unpaired) electrons. The first-order chi connectivity index (χ1) is 18.8. The molecule has 4 aromatic rings. The Kier molecular flexibility index (Phi) is 9.49. The van der Waals surface area contributed by atoms with E-state index in [4.69, 9.17) is 23.2 Å². The monoisotopic (exact) mass is 618 g/mol. The van der Waals surface area contributed by atoms with E-state index in [0.29, 0.717) is 32.4 Å². The lowest BCUT2D eigenvalue weighted by Gasteiger charge is -2.12. The molecule has 0 heterocycles. The fourth-order valence-electron chi connectivity index (χ4n) is 3.47. The quantitative estimate of drug-likeness (QED) is 0.155. The predicted octanol–water partition coefficient (Wildman–Crippen LogP) is 8.06. The van der Waals surface area contributed by atoms with Crippen molar-refractivity contribution in [3.05, 3.63) is 146 Å². The van der Waals surface area contributed by atoms with Crippen molar-refractivity contribution in [2.24, 2.45) is 0 Å². The molecule has 0 fully saturated rings. The summed E-state index contributed by atoms with van der Waals surface area (Å²) in [6.07, 6.45) is 4.70. The summed E-state index contributed by atoms with van der Waals surface area (Å²) in [6, 6.07) is 27.4. The molecular weight excluding hydrogens is 599 g/mol. The number of hydrogen-bond acceptors (Lipinski definition) is 3. The fourth-order valence-corrected chi connectivity index (χ4v) is 4.20. The maximum Gasteiger partial charge on any atom is 0.272 e. The molecule has 0 aliphatic rings. The minimum absolute atomic E-state index is 0.0225. The summed E-state index contributed by atoms with van der Waals surface area (Å²) in [5.41, 5.74) is 2.66. The van der Waals surface area contributed by atoms with E-state index >= 15 is 0 Å². The first kappa shape index (κ1) is 28.0. The van der Waals surface area contributed by atoms with Crippen molar-refractivity contribution < 1.29 is 14.4 Å². The number of hydrogen-bond donors (Lipinski definition) is 2. The van der Waals surface area contributed by atoms with Gasteiger partial charge >= 0.3 is 0 Å². The number of allylic oxidation sites excluding steroid dienone is 1. The van der Waals surface area contributed by atoms with Gasteiger partial charge in [-0.1, -0.05) is 81.6 Å². The molecule has 0 saturated carbocycles. The third-order valence-electron chi connectivity index (χ3n) is 5.52. The Morgan fingerprint density at radius 3 is 2.13 bits per heavy atom. The molecule has 0 spiro atoms. The van der Waals surface area contributed by atoms with Crippen LogP contribution in [0.15, 0.2) is 113 Å². The summed E-state index contributed by atoms with van der Waals surface area (Å²) in [5.74, 6) is -1.20. The summed E-state index contributed by atoms with van der Waals surface area (Å²) < 4.78 is 0.956. The maximum absolute atomic E-state index is 13.2. The highest BCUT2D eigenvalue weighted by Crippen LogP contribution is 2.23. The van der Waals surface area contributed by atoms with Crippen molar-refractivity contribution in [1.82, 2.24) is 5.32 Å². The lowest BCUT2D eigenvalue weighted by Crippen LogP contribution is -2.30. The number of benzene rings is 4. The Morgan fingerprint density at radius 2 is 1.46 bits per heavy atom. The van der Waals surface area contributed by atoms with Crippen LogP contribution in [0.5, 0.6) is 0 Å². The number of nitrogens with one attached hydrogen (secondary N) is 2. The lowest BCUT2D eigenvalue weighted by atomic mass is 10.1. The molecule has 0 aliphatic heterocycles. The first-order valence-electron chi connectivity index (χ1n) is 11.7. The van der Waals surface area contributed by atoms with Gasteiger partial charge in [-0.15, -0.1) is 0 Å². The Balaban J connectivity index is 1.51. The van der Waals surface area contributed by atoms with Gasteiger partial charge in [0.15, 0.2) is 5.78 Å². The van der Waals surface area contributed by atoms with Crippen LogP contribution in [0.1, 0.15) is 31.8 Å². The molecule has 0 atom stereocenters. The van der Waals surface area contributed by atoms with Crippen LogP contribution in [0, 0.1) is 0 Å². The van der Waals surface area contributed by atoms with Gasteiger partial charge < -0.3 is 10.6 Å². The lowest BCUT2D eigenvalue weighted by molar-refractivity contribution is -0.113. The Morgan fingerprint density at radius 1 is 0.769 bits per heavy atom. The van der Waals surface area contributed by atoms with E-state index in [2.05, 4.69) is 26.6 Å². The molecule has 0 saturated heterocycles. The van der Waals surface area contributed by atoms with E-state index in [1.54, 1.807) is 78.9 Å². The number of ketones is 1. The van der Waals surface area contributed by atoms with E-state index < -0.39 is 11.8 Å². The smallest absolute Gasteiger partial charge is 0.272 e. The minimum Gasteiger partial charge on any atom is -0.321 e. The molecular formula is C31H21BrCl2N2O3. The third kappa shape index (κ3) is 8.01. The molecule has 8 heteroatoms. The molecule has 0 aromatic heterocycles. The van der Waals surface area contributed by atoms with Gasteiger partial charge in [0.1, 0.15) is 5.70 Å². The van der Waals surface area contributed by atoms with Gasteiger partial charge in [-0.3, -0.25) is 14.4 Å². The van der Waals surface area contributed by atoms with Crippen molar-refractivity contribution in [1.29, 1.82) is 0 Å². The first-order valence-corrected chi connectivity index (χ1v) is 13.3. The summed E-state index contributed by atoms with van der Waals surface area (Å²) in [6.45, 7) is 0. The topological polar surface area (TPSA) is 75.3 Å². The highest BCUT2D eigenvalue weighted by Gasteiger charge is 2.16. The molecule has 0 bridgehead atoms. The number of carbonyl (C=O) groups is 3. The minimum atomic E-state index is -0.570. The van der Waals surface area contributed by atoms with Crippen LogP contribution in [-0.4, -0.2) is 17.6 Å². The van der Waals surface area contributed by atoms with Crippen molar-refractivity contribution >= 4 is 74.6 Å². The van der Waals surface area contributed by atoms with Gasteiger partial charge in [0.05, 0.1) is 0 Å². The van der Waals surface area contributed by atoms with Crippen LogP contribution in [0.4, 0.5) is 5.69 Å². The van der Waals surface area contributed by atoms with Crippen LogP contribution in [0.25, 0.3) is 12.2 Å². The standard InChI is InChI=1S/C31H21BrCl2N2O3/c32-24-12-6-20(7-13-24)8-17-29(37)21-10-15-26(16-11-21)35-31(39)28(18-23-9-14-25(33)19-27(23)34)36-30(38)22-4-2-1-3-5-22/h1-19H,(H,35,39)(H,36,38)/b17-8+,28-18-. The van der Waals surface area contributed by atoms with Crippen molar-refractivity contribution in [2.45, 2.75) is 0 Å². The van der Waals surface area contributed by atoms with E-state index in [1.807, 2.05) is 24.3 Å². The summed E-state index contributed by atoms with van der Waals surface area (Å²) in [5, 5.41) is 6.18. The second-order valence-electron chi connectivity index (χ2n) is 8.32. The predicted molar refractivity (Wildman–Crippen MR) is 161 cm³/mol. The Bertz CT molecular complexity index is 1570. The van der Waals surface area contributed by atoms with Crippen LogP contribution < -0.4 is 10.6 Å². The van der Waals surface area contributed by atoms with Gasteiger partial charge in [-0.25, -0.2) is 0 Å². The highest BCUT2D eigenvalue weighted by molar-refractivity contribution is 9.10. The number of anilines is 1. The summed E-state index contributed by atoms with van der Waals surface area (Å²) in [7, 11) is 0. The van der Waals surface area contributed by atoms with Crippen LogP contribution in [0.2, 0.25) is 10.0 Å². The van der Waals surface area contributed by atoms with Gasteiger partial charge in [-0.05, 0) is 83.9 Å². The number of amides is 2. The van der Waals surface area contributed by atoms with Gasteiger partial charge in [0.25, 0.3) is 11.8 Å². The second kappa shape index (κ2) is 13.2. The molecule has 2 N–H and O–H groups in total. The van der Waals surface area contributed by atoms with Crippen LogP contribution in [-0.2, 0) is 4.79 Å². The number of carbonyl (C=O) groups excluding carboxylic acids is 3. The Labute approximate surface area is 244 Å². The normalized spacial score (nSPS) is 11.3. The second-order valence-corrected chi connectivity index (χ2v) is 10.1. The molecule has 2 amide bonds. The molecule has 194 valence electrons. The molecule has 0 unspecified atom stereocenters. The van der Waals surface area contributed by atoms with Gasteiger partial charge in [0, 0.05) is 31.3 Å². The highest BCUT2D eigenvalue weighted by atomic mass is 79.9. The molecule has 39 heavy (non-hydrogen) atoms. The summed E-state index contributed by atoms with van der Waals surface area (Å²) in [4.78, 5) is 38.6. The fraction of sp³-hybridized carbons (Fsp3) is 0. The zero-order chi connectivity index (χ0) is 27.8. The SMILES string of the molecule is O=C(Nc1ccc(C(=O)/C=C/c2ccc(Br)cc2)cc1)/C(=C/c1ccc(Cl)cc1Cl)NC(=O)c1ccccc1. The average Bonchev–Trinajstić information content (AvgIpc) is 2.94. The molecule has 0 aliphatic carbocycles. The van der Waals surface area contributed by atoms with Crippen molar-refractivity contribution in [3.63, 3.8) is 0 Å². The van der Waals surface area contributed by atoms with Gasteiger partial charge in [-0.2, -0.15) is 0 Å². The van der Waals surface area contributed by atoms with Crippen molar-refractivity contribution in [2.75, 3.05) is 5.32 Å². The van der Waals surface area contributed by atoms with E-state index in [-0.39, 0.29) is 11.5 Å². The Hall–Kier alpha value is -3.97. The number of halogens is 3. The van der Waals surface area contributed by atoms with E-state index in [0.717, 1.165) is 10.0 Å². The number of rotatable bonds is 8. The van der Waals surface area contributed by atoms with Crippen LogP contribution in [0.3, 0.4) is 0 Å². The molecule has 4 aromatic carbocycles.